The van der Waals surface area contributed by atoms with Crippen molar-refractivity contribution < 1.29 is 9.53 Å². The lowest BCUT2D eigenvalue weighted by Crippen LogP contribution is -2.26. The molecule has 0 radical (unpaired) electrons. The molecule has 1 aromatic heterocycles. The van der Waals surface area contributed by atoms with Crippen molar-refractivity contribution in [3.63, 3.8) is 0 Å². The van der Waals surface area contributed by atoms with Gasteiger partial charge in [-0.2, -0.15) is 0 Å². The minimum Gasteiger partial charge on any atom is -0.493 e. The lowest BCUT2D eigenvalue weighted by molar-refractivity contribution is 0.0954. The van der Waals surface area contributed by atoms with Gasteiger partial charge in [-0.15, -0.1) is 0 Å². The second-order valence-corrected chi connectivity index (χ2v) is 7.94. The first-order valence-corrected chi connectivity index (χ1v) is 11.1. The molecule has 32 heavy (non-hydrogen) atoms. The van der Waals surface area contributed by atoms with Crippen LogP contribution in [0, 0.1) is 13.8 Å². The Morgan fingerprint density at radius 2 is 1.75 bits per heavy atom. The molecule has 1 N–H and O–H groups in total. The first-order chi connectivity index (χ1) is 15.6. The summed E-state index contributed by atoms with van der Waals surface area (Å²) in [6.45, 7) is 6.18. The number of rotatable bonds is 9. The van der Waals surface area contributed by atoms with Crippen LogP contribution in [0.3, 0.4) is 0 Å². The van der Waals surface area contributed by atoms with Crippen molar-refractivity contribution in [2.24, 2.45) is 0 Å². The molecule has 1 amide bonds. The fourth-order valence-electron chi connectivity index (χ4n) is 3.83. The molecule has 0 fully saturated rings. The van der Waals surface area contributed by atoms with Crippen molar-refractivity contribution in [2.45, 2.75) is 33.2 Å². The van der Waals surface area contributed by atoms with E-state index in [1.54, 1.807) is 0 Å². The molecular weight excluding hydrogens is 398 g/mol. The van der Waals surface area contributed by atoms with Crippen molar-refractivity contribution in [3.05, 3.63) is 95.3 Å². The fourth-order valence-corrected chi connectivity index (χ4v) is 3.83. The second kappa shape index (κ2) is 10.1. The second-order valence-electron chi connectivity index (χ2n) is 7.94. The Hall–Kier alpha value is -3.60. The minimum absolute atomic E-state index is 0.0600. The molecule has 3 aromatic carbocycles. The molecule has 164 valence electrons. The number of nitrogens with zero attached hydrogens (tertiary/aromatic N) is 2. The number of nitrogens with one attached hydrogen (secondary N) is 1. The Morgan fingerprint density at radius 1 is 0.969 bits per heavy atom. The van der Waals surface area contributed by atoms with Gasteiger partial charge in [-0.25, -0.2) is 4.98 Å². The van der Waals surface area contributed by atoms with Gasteiger partial charge in [0.2, 0.25) is 0 Å². The molecule has 0 aliphatic heterocycles. The number of aryl methyl sites for hydroxylation is 2. The number of carbonyl (C=O) groups excluding carboxylic acids is 1. The van der Waals surface area contributed by atoms with Gasteiger partial charge in [0, 0.05) is 25.1 Å². The number of carbonyl (C=O) groups is 1. The summed E-state index contributed by atoms with van der Waals surface area (Å²) in [7, 11) is 0. The highest BCUT2D eigenvalue weighted by Gasteiger charge is 2.11. The van der Waals surface area contributed by atoms with Gasteiger partial charge in [0.15, 0.2) is 0 Å². The van der Waals surface area contributed by atoms with Crippen LogP contribution in [0.5, 0.6) is 5.75 Å². The quantitative estimate of drug-likeness (QED) is 0.378. The molecule has 4 aromatic rings. The van der Waals surface area contributed by atoms with Gasteiger partial charge in [0.25, 0.3) is 5.91 Å². The summed E-state index contributed by atoms with van der Waals surface area (Å²) in [6.07, 6.45) is 1.54. The summed E-state index contributed by atoms with van der Waals surface area (Å²) >= 11 is 0. The first kappa shape index (κ1) is 21.6. The number of aromatic nitrogens is 2. The van der Waals surface area contributed by atoms with Crippen LogP contribution in [0.4, 0.5) is 0 Å². The van der Waals surface area contributed by atoms with Crippen molar-refractivity contribution in [1.82, 2.24) is 14.9 Å². The Morgan fingerprint density at radius 3 is 2.59 bits per heavy atom. The topological polar surface area (TPSA) is 56.1 Å². The first-order valence-electron chi connectivity index (χ1n) is 11.1. The fraction of sp³-hybridized carbons (Fsp3) is 0.259. The van der Waals surface area contributed by atoms with Gasteiger partial charge in [0.1, 0.15) is 11.6 Å². The Bertz CT molecular complexity index is 1200. The maximum atomic E-state index is 12.3. The summed E-state index contributed by atoms with van der Waals surface area (Å²) in [5, 5.41) is 3.00. The van der Waals surface area contributed by atoms with Crippen molar-refractivity contribution in [1.29, 1.82) is 0 Å². The standard InChI is InChI=1S/C27H29N3O2/c1-20-10-8-15-25(21(20)2)32-19-9-18-30-24-14-7-6-13-23(24)29-26(30)16-17-28-27(31)22-11-4-3-5-12-22/h3-8,10-15H,9,16-19H2,1-2H3,(H,28,31). The van der Waals surface area contributed by atoms with Crippen LogP contribution in [-0.4, -0.2) is 28.6 Å². The molecule has 0 saturated carbocycles. The molecule has 0 atom stereocenters. The number of fused-ring (bicyclic) bond motifs is 1. The summed E-state index contributed by atoms with van der Waals surface area (Å²) in [5.74, 6) is 1.87. The van der Waals surface area contributed by atoms with Crippen LogP contribution in [0.2, 0.25) is 0 Å². The lowest BCUT2D eigenvalue weighted by Gasteiger charge is -2.13. The van der Waals surface area contributed by atoms with E-state index in [0.29, 0.717) is 25.1 Å². The predicted molar refractivity (Wildman–Crippen MR) is 128 cm³/mol. The molecule has 4 rings (SSSR count). The van der Waals surface area contributed by atoms with E-state index >= 15 is 0 Å². The number of hydrogen-bond acceptors (Lipinski definition) is 3. The van der Waals surface area contributed by atoms with Crippen LogP contribution in [0.25, 0.3) is 11.0 Å². The van der Waals surface area contributed by atoms with Gasteiger partial charge in [-0.3, -0.25) is 4.79 Å². The average Bonchev–Trinajstić information content (AvgIpc) is 3.17. The largest absolute Gasteiger partial charge is 0.493 e. The average molecular weight is 428 g/mol. The van der Waals surface area contributed by atoms with Gasteiger partial charge < -0.3 is 14.6 Å². The third kappa shape index (κ3) is 4.99. The van der Waals surface area contributed by atoms with Crippen LogP contribution in [0.1, 0.15) is 33.7 Å². The van der Waals surface area contributed by atoms with E-state index in [1.165, 1.54) is 11.1 Å². The highest BCUT2D eigenvalue weighted by molar-refractivity contribution is 5.94. The lowest BCUT2D eigenvalue weighted by atomic mass is 10.1. The SMILES string of the molecule is Cc1cccc(OCCCn2c(CCNC(=O)c3ccccc3)nc3ccccc32)c1C. The molecule has 5 nitrogen and oxygen atoms in total. The maximum absolute atomic E-state index is 12.3. The monoisotopic (exact) mass is 427 g/mol. The Labute approximate surface area is 189 Å². The van der Waals surface area contributed by atoms with Crippen LogP contribution in [-0.2, 0) is 13.0 Å². The van der Waals surface area contributed by atoms with E-state index in [2.05, 4.69) is 35.9 Å². The number of ether oxygens (including phenoxy) is 1. The molecule has 0 unspecified atom stereocenters. The van der Waals surface area contributed by atoms with E-state index in [1.807, 2.05) is 60.7 Å². The summed E-state index contributed by atoms with van der Waals surface area (Å²) in [4.78, 5) is 17.1. The van der Waals surface area contributed by atoms with Crippen molar-refractivity contribution in [3.8, 4) is 5.75 Å². The smallest absolute Gasteiger partial charge is 0.251 e. The van der Waals surface area contributed by atoms with E-state index in [0.717, 1.165) is 35.6 Å². The summed E-state index contributed by atoms with van der Waals surface area (Å²) < 4.78 is 8.29. The summed E-state index contributed by atoms with van der Waals surface area (Å²) in [5.41, 5.74) is 5.19. The maximum Gasteiger partial charge on any atom is 0.251 e. The Kier molecular flexibility index (Phi) is 6.85. The number of para-hydroxylation sites is 2. The van der Waals surface area contributed by atoms with Gasteiger partial charge in [0.05, 0.1) is 17.6 Å². The Balaban J connectivity index is 1.39. The third-order valence-corrected chi connectivity index (χ3v) is 5.74. The zero-order valence-electron chi connectivity index (χ0n) is 18.7. The zero-order chi connectivity index (χ0) is 22.3. The molecule has 0 aliphatic rings. The molecule has 1 heterocycles. The van der Waals surface area contributed by atoms with Gasteiger partial charge in [-0.1, -0.05) is 42.5 Å². The van der Waals surface area contributed by atoms with Crippen LogP contribution < -0.4 is 10.1 Å². The number of benzene rings is 3. The molecular formula is C27H29N3O2. The number of amides is 1. The third-order valence-electron chi connectivity index (χ3n) is 5.74. The molecule has 5 heteroatoms. The van der Waals surface area contributed by atoms with E-state index in [9.17, 15) is 4.79 Å². The van der Waals surface area contributed by atoms with Crippen LogP contribution >= 0.6 is 0 Å². The molecule has 0 spiro atoms. The highest BCUT2D eigenvalue weighted by atomic mass is 16.5. The zero-order valence-corrected chi connectivity index (χ0v) is 18.7. The van der Waals surface area contributed by atoms with Gasteiger partial charge >= 0.3 is 0 Å². The predicted octanol–water partition coefficient (Wildman–Crippen LogP) is 5.09. The molecule has 0 bridgehead atoms. The van der Waals surface area contributed by atoms with Crippen molar-refractivity contribution >= 4 is 16.9 Å². The normalized spacial score (nSPS) is 10.9. The summed E-state index contributed by atoms with van der Waals surface area (Å²) in [6, 6.07) is 23.6. The molecule has 0 saturated heterocycles. The van der Waals surface area contributed by atoms with E-state index < -0.39 is 0 Å². The number of imidazole rings is 1. The van der Waals surface area contributed by atoms with E-state index in [4.69, 9.17) is 9.72 Å². The molecule has 0 aliphatic carbocycles. The minimum atomic E-state index is -0.0600. The number of hydrogen-bond donors (Lipinski definition) is 1. The van der Waals surface area contributed by atoms with E-state index in [-0.39, 0.29) is 5.91 Å². The van der Waals surface area contributed by atoms with Gasteiger partial charge in [-0.05, 0) is 61.7 Å². The van der Waals surface area contributed by atoms with Crippen molar-refractivity contribution in [2.75, 3.05) is 13.2 Å². The van der Waals surface area contributed by atoms with Crippen LogP contribution in [0.15, 0.2) is 72.8 Å². The highest BCUT2D eigenvalue weighted by Crippen LogP contribution is 2.21.